The number of benzene rings is 1. The van der Waals surface area contributed by atoms with Gasteiger partial charge in [-0.3, -0.25) is 25.0 Å². The first-order valence-corrected chi connectivity index (χ1v) is 5.75. The number of aryl methyl sites for hydroxylation is 1. The van der Waals surface area contributed by atoms with Crippen LogP contribution < -0.4 is 0 Å². The van der Waals surface area contributed by atoms with E-state index in [1.165, 1.54) is 0 Å². The Bertz CT molecular complexity index is 446. The molecule has 0 bridgehead atoms. The van der Waals surface area contributed by atoms with Crippen molar-refractivity contribution in [2.24, 2.45) is 0 Å². The highest BCUT2D eigenvalue weighted by Crippen LogP contribution is 2.18. The fourth-order valence-electron chi connectivity index (χ4n) is 1.72. The van der Waals surface area contributed by atoms with Crippen molar-refractivity contribution in [2.75, 3.05) is 0 Å². The van der Waals surface area contributed by atoms with Gasteiger partial charge in [-0.05, 0) is 24.8 Å². The predicted octanol–water partition coefficient (Wildman–Crippen LogP) is 1.76. The molecule has 1 aromatic rings. The molecule has 101 valence electrons. The average molecular weight is 265 g/mol. The highest BCUT2D eigenvalue weighted by atomic mass is 16.7. The molecule has 0 aliphatic rings. The van der Waals surface area contributed by atoms with Crippen LogP contribution in [-0.2, 0) is 11.2 Å². The van der Waals surface area contributed by atoms with Crippen LogP contribution >= 0.6 is 0 Å². The molecule has 0 fully saturated rings. The van der Waals surface area contributed by atoms with Gasteiger partial charge in [0, 0.05) is 0 Å². The van der Waals surface area contributed by atoms with Crippen molar-refractivity contribution in [1.82, 2.24) is 0 Å². The van der Waals surface area contributed by atoms with Crippen LogP contribution in [0.25, 0.3) is 0 Å². The van der Waals surface area contributed by atoms with Crippen molar-refractivity contribution in [3.63, 3.8) is 0 Å². The fraction of sp³-hybridized carbons (Fsp3) is 0.417. The van der Waals surface area contributed by atoms with Crippen LogP contribution in [0, 0.1) is 20.2 Å². The van der Waals surface area contributed by atoms with E-state index in [2.05, 4.69) is 0 Å². The number of nitro groups is 2. The number of rotatable bonds is 8. The van der Waals surface area contributed by atoms with Crippen molar-refractivity contribution >= 4 is 6.29 Å². The molecule has 1 rings (SSSR count). The third kappa shape index (κ3) is 3.57. The summed E-state index contributed by atoms with van der Waals surface area (Å²) in [5, 5.41) is 21.3. The quantitative estimate of drug-likeness (QED) is 0.308. The van der Waals surface area contributed by atoms with Crippen molar-refractivity contribution in [3.05, 3.63) is 56.1 Å². The molecule has 0 aliphatic carbocycles. The molecular weight excluding hydrogens is 252 g/mol. The van der Waals surface area contributed by atoms with E-state index in [0.717, 1.165) is 11.8 Å². The summed E-state index contributed by atoms with van der Waals surface area (Å²) < 4.78 is 0. The Morgan fingerprint density at radius 3 is 2.11 bits per heavy atom. The minimum Gasteiger partial charge on any atom is -0.273 e. The van der Waals surface area contributed by atoms with Crippen LogP contribution in [0.3, 0.4) is 0 Å². The Labute approximate surface area is 109 Å². The first-order valence-electron chi connectivity index (χ1n) is 5.75. The maximum atomic E-state index is 10.7. The summed E-state index contributed by atoms with van der Waals surface area (Å²) >= 11 is 0. The average Bonchev–Trinajstić information content (AvgIpc) is 2.39. The highest BCUT2D eigenvalue weighted by molar-refractivity contribution is 5.59. The first kappa shape index (κ1) is 14.7. The molecule has 1 radical (unpaired) electrons. The van der Waals surface area contributed by atoms with Gasteiger partial charge in [-0.1, -0.05) is 30.3 Å². The summed E-state index contributed by atoms with van der Waals surface area (Å²) in [4.78, 5) is 29.5. The molecule has 0 heterocycles. The van der Waals surface area contributed by atoms with E-state index in [1.807, 2.05) is 30.3 Å². The minimum absolute atomic E-state index is 0.214. The highest BCUT2D eigenvalue weighted by Gasteiger charge is 2.57. The largest absolute Gasteiger partial charge is 0.523 e. The number of hydrogen-bond donors (Lipinski definition) is 0. The molecule has 7 nitrogen and oxygen atoms in total. The summed E-state index contributed by atoms with van der Waals surface area (Å²) in [6, 6.07) is 9.41. The molecule has 0 saturated carbocycles. The lowest BCUT2D eigenvalue weighted by Crippen LogP contribution is -2.47. The van der Waals surface area contributed by atoms with Crippen molar-refractivity contribution in [1.29, 1.82) is 0 Å². The molecule has 0 spiro atoms. The zero-order valence-corrected chi connectivity index (χ0v) is 10.2. The number of hydrogen-bond acceptors (Lipinski definition) is 5. The first-order chi connectivity index (χ1) is 9.03. The Morgan fingerprint density at radius 1 is 1.05 bits per heavy atom. The Morgan fingerprint density at radius 2 is 1.63 bits per heavy atom. The van der Waals surface area contributed by atoms with Crippen LogP contribution in [0.4, 0.5) is 0 Å². The molecule has 0 amide bonds. The van der Waals surface area contributed by atoms with Crippen LogP contribution in [0.5, 0.6) is 0 Å². The van der Waals surface area contributed by atoms with Gasteiger partial charge in [-0.25, -0.2) is 0 Å². The lowest BCUT2D eigenvalue weighted by Gasteiger charge is -2.09. The number of carbonyl (C=O) groups excluding carboxylic acids is 1. The van der Waals surface area contributed by atoms with Gasteiger partial charge in [-0.2, -0.15) is 0 Å². The van der Waals surface area contributed by atoms with Gasteiger partial charge in [0.05, 0.1) is 6.42 Å². The van der Waals surface area contributed by atoms with Crippen LogP contribution in [0.2, 0.25) is 0 Å². The zero-order valence-electron chi connectivity index (χ0n) is 10.2. The maximum Gasteiger partial charge on any atom is 0.523 e. The van der Waals surface area contributed by atoms with Crippen molar-refractivity contribution < 1.29 is 14.6 Å². The summed E-state index contributed by atoms with van der Waals surface area (Å²) in [5.41, 5.74) is -1.78. The zero-order chi connectivity index (χ0) is 14.3. The Balaban J connectivity index is 2.52. The number of unbranched alkanes of at least 4 members (excludes halogenated alkanes) is 1. The molecular formula is C12H13N2O5. The Kier molecular flexibility index (Phi) is 5.11. The second kappa shape index (κ2) is 6.58. The second-order valence-electron chi connectivity index (χ2n) is 4.13. The second-order valence-corrected chi connectivity index (χ2v) is 4.13. The van der Waals surface area contributed by atoms with E-state index in [-0.39, 0.29) is 6.42 Å². The fourth-order valence-corrected chi connectivity index (χ4v) is 1.72. The van der Waals surface area contributed by atoms with Gasteiger partial charge < -0.3 is 0 Å². The van der Waals surface area contributed by atoms with Crippen LogP contribution in [0.1, 0.15) is 24.8 Å². The van der Waals surface area contributed by atoms with Gasteiger partial charge in [0.2, 0.25) is 0 Å². The van der Waals surface area contributed by atoms with Crippen molar-refractivity contribution in [3.8, 4) is 0 Å². The molecule has 0 N–H and O–H groups in total. The molecule has 0 atom stereocenters. The van der Waals surface area contributed by atoms with E-state index in [1.54, 1.807) is 0 Å². The van der Waals surface area contributed by atoms with E-state index >= 15 is 0 Å². The summed E-state index contributed by atoms with van der Waals surface area (Å²) in [7, 11) is 0. The summed E-state index contributed by atoms with van der Waals surface area (Å²) in [5.74, 6) is 0. The lowest BCUT2D eigenvalue weighted by molar-refractivity contribution is -0.772. The summed E-state index contributed by atoms with van der Waals surface area (Å²) in [6.07, 6.45) is 1.93. The monoisotopic (exact) mass is 265 g/mol. The molecule has 0 saturated heterocycles. The van der Waals surface area contributed by atoms with Gasteiger partial charge in [0.25, 0.3) is 0 Å². The van der Waals surface area contributed by atoms with Gasteiger partial charge in [0.1, 0.15) is 9.85 Å². The number of nitrogens with zero attached hydrogens (tertiary/aromatic N) is 2. The van der Waals surface area contributed by atoms with Gasteiger partial charge in [-0.15, -0.1) is 0 Å². The molecule has 0 aliphatic heterocycles. The molecule has 7 heteroatoms. The topological polar surface area (TPSA) is 103 Å². The smallest absolute Gasteiger partial charge is 0.273 e. The van der Waals surface area contributed by atoms with Crippen LogP contribution in [0.15, 0.2) is 30.3 Å². The standard InChI is InChI=1S/C12H13N2O5/c15-10-12(13(16)17,14(18)19)9-5-4-8-11-6-2-1-3-7-11/h1-3,6-7H,4-5,8-9H2. The van der Waals surface area contributed by atoms with E-state index in [4.69, 9.17) is 0 Å². The third-order valence-corrected chi connectivity index (χ3v) is 2.85. The third-order valence-electron chi connectivity index (χ3n) is 2.85. The van der Waals surface area contributed by atoms with Gasteiger partial charge >= 0.3 is 11.9 Å². The summed E-state index contributed by atoms with van der Waals surface area (Å²) in [6.45, 7) is 0. The molecule has 1 aromatic carbocycles. The van der Waals surface area contributed by atoms with Gasteiger partial charge in [0.15, 0.2) is 0 Å². The van der Waals surface area contributed by atoms with Crippen LogP contribution in [-0.4, -0.2) is 21.8 Å². The van der Waals surface area contributed by atoms with E-state index in [0.29, 0.717) is 12.8 Å². The van der Waals surface area contributed by atoms with Crippen molar-refractivity contribution in [2.45, 2.75) is 31.3 Å². The predicted molar refractivity (Wildman–Crippen MR) is 66.4 cm³/mol. The molecule has 19 heavy (non-hydrogen) atoms. The lowest BCUT2D eigenvalue weighted by atomic mass is 10.0. The van der Waals surface area contributed by atoms with E-state index < -0.39 is 21.9 Å². The normalized spacial score (nSPS) is 10.9. The SMILES string of the molecule is O=[C]C(CCCCc1ccccc1)([N+](=O)[O-])[N+](=O)[O-]. The molecule has 0 aromatic heterocycles. The Hall–Kier alpha value is -2.31. The minimum atomic E-state index is -2.82. The van der Waals surface area contributed by atoms with E-state index in [9.17, 15) is 25.0 Å². The maximum absolute atomic E-state index is 10.7. The molecule has 0 unspecified atom stereocenters.